The van der Waals surface area contributed by atoms with Gasteiger partial charge < -0.3 is 20.6 Å². The summed E-state index contributed by atoms with van der Waals surface area (Å²) in [4.78, 5) is 4.71. The minimum absolute atomic E-state index is 0.0626. The van der Waals surface area contributed by atoms with Crippen molar-refractivity contribution in [2.45, 2.75) is 45.8 Å². The van der Waals surface area contributed by atoms with E-state index in [0.717, 1.165) is 26.2 Å². The summed E-state index contributed by atoms with van der Waals surface area (Å²) in [5, 5.41) is 35.1. The second-order valence-electron chi connectivity index (χ2n) is 5.90. The van der Waals surface area contributed by atoms with Crippen molar-refractivity contribution in [1.29, 1.82) is 0 Å². The summed E-state index contributed by atoms with van der Waals surface area (Å²) in [6.45, 7) is 13.9. The molecular weight excluding hydrogens is 308 g/mol. The van der Waals surface area contributed by atoms with Crippen LogP contribution >= 0.6 is 0 Å². The highest BCUT2D eigenvalue weighted by molar-refractivity contribution is 5.01. The summed E-state index contributed by atoms with van der Waals surface area (Å²) < 4.78 is 0. The van der Waals surface area contributed by atoms with Gasteiger partial charge in [-0.3, -0.25) is 15.1 Å². The number of aliphatic hydroxyl groups excluding tert-OH is 3. The molecule has 2 atom stereocenters. The maximum atomic E-state index is 9.68. The van der Waals surface area contributed by atoms with E-state index in [1.807, 2.05) is 0 Å². The Morgan fingerprint density at radius 2 is 1.42 bits per heavy atom. The average molecular weight is 349 g/mol. The molecule has 0 aromatic carbocycles. The van der Waals surface area contributed by atoms with Gasteiger partial charge >= 0.3 is 0 Å². The summed E-state index contributed by atoms with van der Waals surface area (Å²) in [5.41, 5.74) is -0.420. The van der Waals surface area contributed by atoms with Crippen molar-refractivity contribution in [3.8, 4) is 0 Å². The van der Waals surface area contributed by atoms with Crippen LogP contribution < -0.4 is 10.6 Å². The van der Waals surface area contributed by atoms with Crippen LogP contribution in [0.1, 0.15) is 34.1 Å². The highest BCUT2D eigenvalue weighted by Crippen LogP contribution is 2.24. The minimum atomic E-state index is -0.420. The molecule has 0 aliphatic rings. The Kier molecular flexibility index (Phi) is 13.8. The van der Waals surface area contributed by atoms with Crippen molar-refractivity contribution in [3.05, 3.63) is 0 Å². The van der Waals surface area contributed by atoms with Gasteiger partial charge in [0.05, 0.1) is 13.2 Å². The van der Waals surface area contributed by atoms with Crippen molar-refractivity contribution < 1.29 is 15.3 Å². The third-order valence-electron chi connectivity index (χ3n) is 4.76. The van der Waals surface area contributed by atoms with E-state index >= 15 is 0 Å². The Bertz CT molecular complexity index is 289. The normalized spacial score (nSPS) is 15.9. The van der Waals surface area contributed by atoms with Crippen LogP contribution in [0, 0.1) is 0 Å². The van der Waals surface area contributed by atoms with Crippen LogP contribution in [-0.4, -0.2) is 102 Å². The lowest BCUT2D eigenvalue weighted by atomic mass is 9.92. The number of rotatable bonds is 16. The highest BCUT2D eigenvalue weighted by atomic mass is 16.3. The summed E-state index contributed by atoms with van der Waals surface area (Å²) >= 11 is 0. The lowest BCUT2D eigenvalue weighted by molar-refractivity contribution is -0.0336. The average Bonchev–Trinajstić information content (AvgIpc) is 2.60. The smallest absolute Gasteiger partial charge is 0.100 e. The fourth-order valence-corrected chi connectivity index (χ4v) is 3.66. The molecule has 0 radical (unpaired) electrons. The van der Waals surface area contributed by atoms with Crippen LogP contribution in [0.3, 0.4) is 0 Å². The first-order valence-electron chi connectivity index (χ1n) is 9.38. The van der Waals surface area contributed by atoms with Gasteiger partial charge in [-0.1, -0.05) is 27.7 Å². The Balaban J connectivity index is 5.81. The number of hydrogen-bond acceptors (Lipinski definition) is 7. The highest BCUT2D eigenvalue weighted by Gasteiger charge is 2.44. The van der Waals surface area contributed by atoms with Crippen LogP contribution in [-0.2, 0) is 0 Å². The second-order valence-corrected chi connectivity index (χ2v) is 5.90. The molecule has 0 bridgehead atoms. The maximum absolute atomic E-state index is 9.68. The van der Waals surface area contributed by atoms with Crippen LogP contribution in [0.25, 0.3) is 0 Å². The molecule has 0 saturated heterocycles. The largest absolute Gasteiger partial charge is 0.396 e. The van der Waals surface area contributed by atoms with Crippen molar-refractivity contribution >= 4 is 0 Å². The van der Waals surface area contributed by atoms with Crippen molar-refractivity contribution in [3.63, 3.8) is 0 Å². The van der Waals surface area contributed by atoms with Gasteiger partial charge in [0.1, 0.15) is 5.66 Å². The quantitative estimate of drug-likeness (QED) is 0.186. The Morgan fingerprint density at radius 1 is 0.833 bits per heavy atom. The van der Waals surface area contributed by atoms with E-state index in [1.165, 1.54) is 0 Å². The van der Waals surface area contributed by atoms with Crippen molar-refractivity contribution in [2.24, 2.45) is 0 Å². The van der Waals surface area contributed by atoms with E-state index in [2.05, 4.69) is 48.1 Å². The van der Waals surface area contributed by atoms with Crippen LogP contribution in [0.15, 0.2) is 0 Å². The first-order chi connectivity index (χ1) is 11.6. The molecule has 0 aromatic heterocycles. The molecule has 0 fully saturated rings. The Morgan fingerprint density at radius 3 is 1.83 bits per heavy atom. The van der Waals surface area contributed by atoms with Gasteiger partial charge in [0, 0.05) is 32.3 Å². The molecule has 0 aliphatic heterocycles. The Hall–Kier alpha value is -0.280. The van der Waals surface area contributed by atoms with Crippen molar-refractivity contribution in [2.75, 3.05) is 65.6 Å². The van der Waals surface area contributed by atoms with Gasteiger partial charge in [0.2, 0.25) is 0 Å². The van der Waals surface area contributed by atoms with Crippen molar-refractivity contribution in [1.82, 2.24) is 20.4 Å². The lowest BCUT2D eigenvalue weighted by Crippen LogP contribution is -2.74. The summed E-state index contributed by atoms with van der Waals surface area (Å²) in [7, 11) is 0. The van der Waals surface area contributed by atoms with E-state index in [4.69, 9.17) is 5.11 Å². The number of nitrogens with zero attached hydrogens (tertiary/aromatic N) is 2. The Labute approximate surface area is 148 Å². The number of aliphatic hydroxyl groups is 3. The molecule has 7 heteroatoms. The van der Waals surface area contributed by atoms with Gasteiger partial charge in [-0.05, 0) is 32.6 Å². The van der Waals surface area contributed by atoms with Gasteiger partial charge in [0.25, 0.3) is 0 Å². The molecule has 0 amide bonds. The van der Waals surface area contributed by atoms with E-state index < -0.39 is 5.66 Å². The SMILES string of the molecule is CCN(CC)C(CCO)C(CNCCO)(NCCO)N(CC)CC. The third-order valence-corrected chi connectivity index (χ3v) is 4.76. The zero-order chi connectivity index (χ0) is 18.4. The first-order valence-corrected chi connectivity index (χ1v) is 9.38. The zero-order valence-corrected chi connectivity index (χ0v) is 16.1. The van der Waals surface area contributed by atoms with E-state index in [-0.39, 0.29) is 25.9 Å². The topological polar surface area (TPSA) is 91.2 Å². The summed E-state index contributed by atoms with van der Waals surface area (Å²) in [6.07, 6.45) is 0.650. The lowest BCUT2D eigenvalue weighted by Gasteiger charge is -2.52. The van der Waals surface area contributed by atoms with Gasteiger partial charge in [-0.25, -0.2) is 0 Å². The molecule has 2 unspecified atom stereocenters. The predicted molar refractivity (Wildman–Crippen MR) is 99.1 cm³/mol. The minimum Gasteiger partial charge on any atom is -0.396 e. The summed E-state index contributed by atoms with van der Waals surface area (Å²) in [6, 6.07) is 0.0927. The molecule has 0 heterocycles. The second kappa shape index (κ2) is 13.9. The molecule has 0 spiro atoms. The number of likely N-dealkylation sites (N-methyl/N-ethyl adjacent to an activating group) is 2. The molecule has 0 aliphatic carbocycles. The monoisotopic (exact) mass is 348 g/mol. The molecule has 0 aromatic rings. The number of hydrogen-bond donors (Lipinski definition) is 5. The predicted octanol–water partition coefficient (Wildman–Crippen LogP) is -0.719. The van der Waals surface area contributed by atoms with E-state index in [9.17, 15) is 10.2 Å². The molecular formula is C17H40N4O3. The van der Waals surface area contributed by atoms with E-state index in [0.29, 0.717) is 26.1 Å². The molecule has 0 rings (SSSR count). The van der Waals surface area contributed by atoms with Gasteiger partial charge in [-0.2, -0.15) is 0 Å². The standard InChI is InChI=1S/C17H40N4O3/c1-5-20(6-2)16(9-12-22)17(19-11-14-24,15-18-10-13-23)21(7-3)8-4/h16,18-19,22-24H,5-15H2,1-4H3. The van der Waals surface area contributed by atoms with Crippen LogP contribution in [0.5, 0.6) is 0 Å². The fraction of sp³-hybridized carbons (Fsp3) is 1.00. The van der Waals surface area contributed by atoms with E-state index in [1.54, 1.807) is 0 Å². The molecule has 0 saturated carbocycles. The molecule has 24 heavy (non-hydrogen) atoms. The van der Waals surface area contributed by atoms with Gasteiger partial charge in [0.15, 0.2) is 0 Å². The van der Waals surface area contributed by atoms with Gasteiger partial charge in [-0.15, -0.1) is 0 Å². The first kappa shape index (κ1) is 23.7. The molecule has 146 valence electrons. The van der Waals surface area contributed by atoms with Crippen LogP contribution in [0.4, 0.5) is 0 Å². The fourth-order valence-electron chi connectivity index (χ4n) is 3.66. The third kappa shape index (κ3) is 6.55. The number of nitrogens with one attached hydrogen (secondary N) is 2. The molecule has 7 nitrogen and oxygen atoms in total. The zero-order valence-electron chi connectivity index (χ0n) is 16.1. The van der Waals surface area contributed by atoms with Crippen LogP contribution in [0.2, 0.25) is 0 Å². The maximum Gasteiger partial charge on any atom is 0.100 e. The summed E-state index contributed by atoms with van der Waals surface area (Å²) in [5.74, 6) is 0. The molecule has 5 N–H and O–H groups in total.